The molecular formula is C25H50O2. The highest BCUT2D eigenvalue weighted by Gasteiger charge is 2.09. The average molecular weight is 383 g/mol. The molecule has 0 fully saturated rings. The average Bonchev–Trinajstić information content (AvgIpc) is 2.66. The molecule has 2 heteroatoms. The molecule has 0 saturated carbocycles. The first kappa shape index (κ1) is 26.7. The highest BCUT2D eigenvalue weighted by atomic mass is 16.3. The maximum atomic E-state index is 9.52. The molecule has 0 rings (SSSR count). The molecule has 0 spiro atoms. The molecule has 0 aromatic heterocycles. The third-order valence-electron chi connectivity index (χ3n) is 5.57. The van der Waals surface area contributed by atoms with E-state index in [-0.39, 0.29) is 0 Å². The highest BCUT2D eigenvalue weighted by Crippen LogP contribution is 2.13. The van der Waals surface area contributed by atoms with Gasteiger partial charge in [-0.05, 0) is 39.0 Å². The van der Waals surface area contributed by atoms with Gasteiger partial charge in [0.1, 0.15) is 0 Å². The molecule has 162 valence electrons. The lowest BCUT2D eigenvalue weighted by Gasteiger charge is -2.12. The fourth-order valence-electron chi connectivity index (χ4n) is 3.55. The largest absolute Gasteiger partial charge is 0.391 e. The second-order valence-corrected chi connectivity index (χ2v) is 8.45. The smallest absolute Gasteiger partial charge is 0.0796 e. The summed E-state index contributed by atoms with van der Waals surface area (Å²) in [6, 6.07) is 0. The fourth-order valence-corrected chi connectivity index (χ4v) is 3.55. The number of unbranched alkanes of at least 4 members (excludes halogenated alkanes) is 16. The van der Waals surface area contributed by atoms with E-state index in [1.807, 2.05) is 0 Å². The number of hydrogen-bond donors (Lipinski definition) is 2. The van der Waals surface area contributed by atoms with Crippen LogP contribution in [0.15, 0.2) is 12.2 Å². The lowest BCUT2D eigenvalue weighted by Crippen LogP contribution is -2.21. The van der Waals surface area contributed by atoms with Crippen LogP contribution in [0.25, 0.3) is 0 Å². The Morgan fingerprint density at radius 1 is 0.556 bits per heavy atom. The molecule has 0 radical (unpaired) electrons. The van der Waals surface area contributed by atoms with E-state index in [1.165, 1.54) is 109 Å². The summed E-state index contributed by atoms with van der Waals surface area (Å²) < 4.78 is 0. The summed E-state index contributed by atoms with van der Waals surface area (Å²) >= 11 is 0. The summed E-state index contributed by atoms with van der Waals surface area (Å²) in [6.45, 7) is 3.94. The van der Waals surface area contributed by atoms with Crippen molar-refractivity contribution in [3.8, 4) is 0 Å². The molecule has 0 aliphatic carbocycles. The van der Waals surface area contributed by atoms with Gasteiger partial charge < -0.3 is 10.2 Å². The van der Waals surface area contributed by atoms with Crippen molar-refractivity contribution in [1.82, 2.24) is 0 Å². The lowest BCUT2D eigenvalue weighted by atomic mass is 10.0. The molecule has 2 unspecified atom stereocenters. The van der Waals surface area contributed by atoms with Crippen molar-refractivity contribution >= 4 is 0 Å². The van der Waals surface area contributed by atoms with Gasteiger partial charge >= 0.3 is 0 Å². The van der Waals surface area contributed by atoms with Crippen LogP contribution in [0.5, 0.6) is 0 Å². The lowest BCUT2D eigenvalue weighted by molar-refractivity contribution is 0.0247. The van der Waals surface area contributed by atoms with Gasteiger partial charge in [0, 0.05) is 0 Å². The fraction of sp³-hybridized carbons (Fsp3) is 0.920. The third-order valence-corrected chi connectivity index (χ3v) is 5.57. The van der Waals surface area contributed by atoms with Gasteiger partial charge in [-0.25, -0.2) is 0 Å². The molecule has 0 aromatic rings. The zero-order chi connectivity index (χ0) is 20.0. The van der Waals surface area contributed by atoms with Gasteiger partial charge in [-0.15, -0.1) is 0 Å². The summed E-state index contributed by atoms with van der Waals surface area (Å²) in [4.78, 5) is 0. The SMILES string of the molecule is CCCCCCCCC=CCCCCCCCCCCCCC(O)C(C)O. The van der Waals surface area contributed by atoms with Gasteiger partial charge in [0.05, 0.1) is 12.2 Å². The van der Waals surface area contributed by atoms with E-state index in [0.717, 1.165) is 12.8 Å². The molecule has 0 aliphatic rings. The van der Waals surface area contributed by atoms with Crippen LogP contribution in [0.2, 0.25) is 0 Å². The zero-order valence-electron chi connectivity index (χ0n) is 18.6. The zero-order valence-corrected chi connectivity index (χ0v) is 18.6. The van der Waals surface area contributed by atoms with Gasteiger partial charge in [-0.3, -0.25) is 0 Å². The Hall–Kier alpha value is -0.340. The van der Waals surface area contributed by atoms with Crippen LogP contribution in [-0.4, -0.2) is 22.4 Å². The monoisotopic (exact) mass is 382 g/mol. The number of rotatable bonds is 21. The van der Waals surface area contributed by atoms with E-state index in [0.29, 0.717) is 0 Å². The maximum absolute atomic E-state index is 9.52. The highest BCUT2D eigenvalue weighted by molar-refractivity contribution is 4.81. The molecule has 0 aliphatic heterocycles. The van der Waals surface area contributed by atoms with E-state index in [2.05, 4.69) is 19.1 Å². The van der Waals surface area contributed by atoms with Crippen LogP contribution in [0.4, 0.5) is 0 Å². The minimum atomic E-state index is -0.583. The van der Waals surface area contributed by atoms with Crippen molar-refractivity contribution < 1.29 is 10.2 Å². The summed E-state index contributed by atoms with van der Waals surface area (Å²) in [5.74, 6) is 0. The number of aliphatic hydroxyl groups excluding tert-OH is 2. The first-order valence-electron chi connectivity index (χ1n) is 12.2. The van der Waals surface area contributed by atoms with Crippen LogP contribution in [0.1, 0.15) is 136 Å². The van der Waals surface area contributed by atoms with Crippen LogP contribution < -0.4 is 0 Å². The van der Waals surface area contributed by atoms with Gasteiger partial charge in [-0.1, -0.05) is 109 Å². The van der Waals surface area contributed by atoms with E-state index in [4.69, 9.17) is 0 Å². The predicted octanol–water partition coefficient (Wildman–Crippen LogP) is 7.72. The van der Waals surface area contributed by atoms with Crippen LogP contribution >= 0.6 is 0 Å². The molecule has 2 N–H and O–H groups in total. The Labute approximate surface area is 170 Å². The number of allylic oxidation sites excluding steroid dienone is 2. The molecule has 0 amide bonds. The Bertz CT molecular complexity index is 299. The van der Waals surface area contributed by atoms with E-state index in [9.17, 15) is 10.2 Å². The Morgan fingerprint density at radius 2 is 0.926 bits per heavy atom. The molecule has 0 aromatic carbocycles. The van der Waals surface area contributed by atoms with E-state index >= 15 is 0 Å². The molecule has 0 heterocycles. The number of aliphatic hydroxyl groups is 2. The minimum absolute atomic E-state index is 0.532. The standard InChI is InChI=1S/C25H50O2/c1-3-4-5-6-7-8-9-10-11-12-13-14-15-16-17-18-19-20-21-22-23-25(27)24(2)26/h10-11,24-27H,3-9,12-23H2,1-2H3. The van der Waals surface area contributed by atoms with Crippen molar-refractivity contribution in [2.24, 2.45) is 0 Å². The van der Waals surface area contributed by atoms with Crippen molar-refractivity contribution in [2.75, 3.05) is 0 Å². The number of hydrogen-bond acceptors (Lipinski definition) is 2. The second kappa shape index (κ2) is 22.0. The van der Waals surface area contributed by atoms with Crippen LogP contribution in [0, 0.1) is 0 Å². The van der Waals surface area contributed by atoms with Crippen LogP contribution in [-0.2, 0) is 0 Å². The normalized spacial score (nSPS) is 14.1. The summed E-state index contributed by atoms with van der Waals surface area (Å²) in [6.07, 6.45) is 28.5. The van der Waals surface area contributed by atoms with Crippen molar-refractivity contribution in [1.29, 1.82) is 0 Å². The minimum Gasteiger partial charge on any atom is -0.391 e. The van der Waals surface area contributed by atoms with Crippen LogP contribution in [0.3, 0.4) is 0 Å². The molecule has 2 atom stereocenters. The summed E-state index contributed by atoms with van der Waals surface area (Å²) in [5, 5.41) is 18.7. The van der Waals surface area contributed by atoms with Gasteiger partial charge in [0.15, 0.2) is 0 Å². The quantitative estimate of drug-likeness (QED) is 0.157. The van der Waals surface area contributed by atoms with Gasteiger partial charge in [0.25, 0.3) is 0 Å². The van der Waals surface area contributed by atoms with E-state index in [1.54, 1.807) is 6.92 Å². The maximum Gasteiger partial charge on any atom is 0.0796 e. The Morgan fingerprint density at radius 3 is 1.33 bits per heavy atom. The third kappa shape index (κ3) is 21.8. The molecule has 27 heavy (non-hydrogen) atoms. The first-order chi connectivity index (χ1) is 13.2. The first-order valence-corrected chi connectivity index (χ1v) is 12.2. The second-order valence-electron chi connectivity index (χ2n) is 8.45. The van der Waals surface area contributed by atoms with Crippen molar-refractivity contribution in [3.05, 3.63) is 12.2 Å². The molecule has 2 nitrogen and oxygen atoms in total. The van der Waals surface area contributed by atoms with Crippen molar-refractivity contribution in [3.63, 3.8) is 0 Å². The topological polar surface area (TPSA) is 40.5 Å². The van der Waals surface area contributed by atoms with Crippen molar-refractivity contribution in [2.45, 2.75) is 148 Å². The predicted molar refractivity (Wildman–Crippen MR) is 120 cm³/mol. The Kier molecular flexibility index (Phi) is 21.7. The molecule has 0 bridgehead atoms. The van der Waals surface area contributed by atoms with E-state index < -0.39 is 12.2 Å². The molecular weight excluding hydrogens is 332 g/mol. The summed E-state index contributed by atoms with van der Waals surface area (Å²) in [5.41, 5.74) is 0. The van der Waals surface area contributed by atoms with Gasteiger partial charge in [0.2, 0.25) is 0 Å². The van der Waals surface area contributed by atoms with Gasteiger partial charge in [-0.2, -0.15) is 0 Å². The molecule has 0 saturated heterocycles. The summed E-state index contributed by atoms with van der Waals surface area (Å²) in [7, 11) is 0. The Balaban J connectivity index is 3.11.